The zero-order valence-corrected chi connectivity index (χ0v) is 9.67. The molecule has 2 aromatic rings. The zero-order valence-electron chi connectivity index (χ0n) is 9.67. The van der Waals surface area contributed by atoms with E-state index < -0.39 is 5.97 Å². The lowest BCUT2D eigenvalue weighted by Crippen LogP contribution is -2.09. The predicted molar refractivity (Wildman–Crippen MR) is 68.6 cm³/mol. The van der Waals surface area contributed by atoms with E-state index in [1.807, 2.05) is 30.3 Å². The number of nitrogens with two attached hydrogens (primary N) is 1. The van der Waals surface area contributed by atoms with Crippen molar-refractivity contribution >= 4 is 11.7 Å². The molecule has 18 heavy (non-hydrogen) atoms. The molecule has 0 unspecified atom stereocenters. The Balaban J connectivity index is 2.20. The first-order chi connectivity index (χ1) is 8.68. The molecule has 0 fully saturated rings. The van der Waals surface area contributed by atoms with Gasteiger partial charge in [-0.25, -0.2) is 4.79 Å². The number of benzene rings is 2. The van der Waals surface area contributed by atoms with E-state index in [1.165, 1.54) is 0 Å². The van der Waals surface area contributed by atoms with Gasteiger partial charge in [0, 0.05) is 11.3 Å². The van der Waals surface area contributed by atoms with Gasteiger partial charge in [-0.05, 0) is 18.2 Å². The van der Waals surface area contributed by atoms with E-state index in [0.29, 0.717) is 11.3 Å². The monoisotopic (exact) mass is 243 g/mol. The minimum Gasteiger partial charge on any atom is -0.489 e. The predicted octanol–water partition coefficient (Wildman–Crippen LogP) is 2.55. The number of rotatable bonds is 4. The molecule has 0 spiro atoms. The first kappa shape index (κ1) is 12.0. The second-order valence-corrected chi connectivity index (χ2v) is 3.79. The molecule has 4 nitrogen and oxygen atoms in total. The first-order valence-corrected chi connectivity index (χ1v) is 5.47. The molecule has 0 aliphatic rings. The van der Waals surface area contributed by atoms with Crippen molar-refractivity contribution in [3.63, 3.8) is 0 Å². The van der Waals surface area contributed by atoms with Gasteiger partial charge in [-0.1, -0.05) is 30.3 Å². The lowest BCUT2D eigenvalue weighted by atomic mass is 10.1. The Labute approximate surface area is 105 Å². The molecule has 2 aromatic carbocycles. The van der Waals surface area contributed by atoms with Gasteiger partial charge in [0.05, 0.1) is 5.56 Å². The number of carboxylic acid groups (broad SMARTS) is 1. The summed E-state index contributed by atoms with van der Waals surface area (Å²) in [6, 6.07) is 14.2. The van der Waals surface area contributed by atoms with Crippen molar-refractivity contribution in [2.75, 3.05) is 5.73 Å². The van der Waals surface area contributed by atoms with Crippen molar-refractivity contribution in [2.45, 2.75) is 6.61 Å². The van der Waals surface area contributed by atoms with Crippen LogP contribution in [0.3, 0.4) is 0 Å². The van der Waals surface area contributed by atoms with Crippen LogP contribution in [0.25, 0.3) is 0 Å². The Morgan fingerprint density at radius 1 is 1.11 bits per heavy atom. The standard InChI is InChI=1S/C14H13NO3/c15-12-8-4-5-10(13(12)14(16)17)9-18-11-6-2-1-3-7-11/h1-8H,9,15H2,(H,16,17). The second-order valence-electron chi connectivity index (χ2n) is 3.79. The number of anilines is 1. The van der Waals surface area contributed by atoms with Gasteiger partial charge in [0.15, 0.2) is 0 Å². The fraction of sp³-hybridized carbons (Fsp3) is 0.0714. The third-order valence-electron chi connectivity index (χ3n) is 2.53. The third kappa shape index (κ3) is 2.60. The summed E-state index contributed by atoms with van der Waals surface area (Å²) in [5.41, 5.74) is 6.57. The number of carboxylic acids is 1. The Morgan fingerprint density at radius 3 is 2.50 bits per heavy atom. The van der Waals surface area contributed by atoms with Crippen molar-refractivity contribution in [1.82, 2.24) is 0 Å². The molecule has 2 rings (SSSR count). The summed E-state index contributed by atoms with van der Waals surface area (Å²) in [5.74, 6) is -0.351. The SMILES string of the molecule is Nc1cccc(COc2ccccc2)c1C(=O)O. The highest BCUT2D eigenvalue weighted by molar-refractivity contribution is 5.95. The summed E-state index contributed by atoms with van der Waals surface area (Å²) in [6.07, 6.45) is 0. The number of hydrogen-bond donors (Lipinski definition) is 2. The maximum absolute atomic E-state index is 11.1. The fourth-order valence-electron chi connectivity index (χ4n) is 1.68. The summed E-state index contributed by atoms with van der Waals surface area (Å²) in [5, 5.41) is 9.11. The van der Waals surface area contributed by atoms with Crippen molar-refractivity contribution < 1.29 is 14.6 Å². The highest BCUT2D eigenvalue weighted by Crippen LogP contribution is 2.19. The Morgan fingerprint density at radius 2 is 1.83 bits per heavy atom. The minimum absolute atomic E-state index is 0.105. The van der Waals surface area contributed by atoms with Gasteiger partial charge < -0.3 is 15.6 Å². The lowest BCUT2D eigenvalue weighted by molar-refractivity contribution is 0.0695. The van der Waals surface area contributed by atoms with E-state index in [1.54, 1.807) is 18.2 Å². The quantitative estimate of drug-likeness (QED) is 0.809. The highest BCUT2D eigenvalue weighted by Gasteiger charge is 2.13. The van der Waals surface area contributed by atoms with E-state index in [-0.39, 0.29) is 17.9 Å². The van der Waals surface area contributed by atoms with Crippen molar-refractivity contribution in [3.05, 3.63) is 59.7 Å². The molecule has 4 heteroatoms. The van der Waals surface area contributed by atoms with E-state index in [2.05, 4.69) is 0 Å². The van der Waals surface area contributed by atoms with Crippen LogP contribution >= 0.6 is 0 Å². The molecule has 0 amide bonds. The molecule has 0 saturated heterocycles. The molecule has 0 bridgehead atoms. The Hall–Kier alpha value is -2.49. The molecule has 0 saturated carbocycles. The van der Waals surface area contributed by atoms with Crippen LogP contribution in [0.15, 0.2) is 48.5 Å². The average Bonchev–Trinajstić information content (AvgIpc) is 2.37. The van der Waals surface area contributed by atoms with Crippen LogP contribution in [0.4, 0.5) is 5.69 Å². The molecule has 0 atom stereocenters. The van der Waals surface area contributed by atoms with Gasteiger partial charge in [-0.2, -0.15) is 0 Å². The van der Waals surface area contributed by atoms with Gasteiger partial charge in [0.25, 0.3) is 0 Å². The van der Waals surface area contributed by atoms with Crippen LogP contribution in [-0.2, 0) is 6.61 Å². The Bertz CT molecular complexity index is 552. The van der Waals surface area contributed by atoms with Crippen molar-refractivity contribution in [1.29, 1.82) is 0 Å². The maximum Gasteiger partial charge on any atom is 0.338 e. The molecular formula is C14H13NO3. The summed E-state index contributed by atoms with van der Waals surface area (Å²) in [7, 11) is 0. The third-order valence-corrected chi connectivity index (χ3v) is 2.53. The van der Waals surface area contributed by atoms with Gasteiger partial charge in [0.1, 0.15) is 12.4 Å². The topological polar surface area (TPSA) is 72.5 Å². The summed E-state index contributed by atoms with van der Waals surface area (Å²) in [4.78, 5) is 11.1. The highest BCUT2D eigenvalue weighted by atomic mass is 16.5. The van der Waals surface area contributed by atoms with Crippen LogP contribution in [0.5, 0.6) is 5.75 Å². The molecule has 3 N–H and O–H groups in total. The molecule has 92 valence electrons. The zero-order chi connectivity index (χ0) is 13.0. The van der Waals surface area contributed by atoms with Crippen LogP contribution in [0, 0.1) is 0 Å². The van der Waals surface area contributed by atoms with Gasteiger partial charge in [-0.15, -0.1) is 0 Å². The van der Waals surface area contributed by atoms with Crippen LogP contribution in [0.2, 0.25) is 0 Å². The normalized spacial score (nSPS) is 10.0. The maximum atomic E-state index is 11.1. The molecule has 0 aliphatic carbocycles. The van der Waals surface area contributed by atoms with Crippen molar-refractivity contribution in [2.24, 2.45) is 0 Å². The molecule has 0 heterocycles. The largest absolute Gasteiger partial charge is 0.489 e. The summed E-state index contributed by atoms with van der Waals surface area (Å²) >= 11 is 0. The summed E-state index contributed by atoms with van der Waals surface area (Å²) < 4.78 is 5.52. The lowest BCUT2D eigenvalue weighted by Gasteiger charge is -2.10. The smallest absolute Gasteiger partial charge is 0.338 e. The first-order valence-electron chi connectivity index (χ1n) is 5.47. The average molecular weight is 243 g/mol. The van der Waals surface area contributed by atoms with E-state index in [4.69, 9.17) is 15.6 Å². The minimum atomic E-state index is -1.04. The number of nitrogen functional groups attached to an aromatic ring is 1. The van der Waals surface area contributed by atoms with E-state index in [0.717, 1.165) is 0 Å². The van der Waals surface area contributed by atoms with Crippen molar-refractivity contribution in [3.8, 4) is 5.75 Å². The number of carbonyl (C=O) groups is 1. The summed E-state index contributed by atoms with van der Waals surface area (Å²) in [6.45, 7) is 0.177. The van der Waals surface area contributed by atoms with E-state index >= 15 is 0 Å². The Kier molecular flexibility index (Phi) is 3.48. The number of hydrogen-bond acceptors (Lipinski definition) is 3. The number of para-hydroxylation sites is 1. The second kappa shape index (κ2) is 5.23. The molecule has 0 aliphatic heterocycles. The van der Waals surface area contributed by atoms with Crippen LogP contribution in [-0.4, -0.2) is 11.1 Å². The molecule has 0 radical (unpaired) electrons. The van der Waals surface area contributed by atoms with Gasteiger partial charge in [-0.3, -0.25) is 0 Å². The van der Waals surface area contributed by atoms with Crippen LogP contribution in [0.1, 0.15) is 15.9 Å². The number of ether oxygens (including phenoxy) is 1. The number of aromatic carboxylic acids is 1. The van der Waals surface area contributed by atoms with Crippen LogP contribution < -0.4 is 10.5 Å². The molecular weight excluding hydrogens is 230 g/mol. The fourth-order valence-corrected chi connectivity index (χ4v) is 1.68. The van der Waals surface area contributed by atoms with E-state index in [9.17, 15) is 4.79 Å². The van der Waals surface area contributed by atoms with Gasteiger partial charge in [0.2, 0.25) is 0 Å². The molecule has 0 aromatic heterocycles. The van der Waals surface area contributed by atoms with Gasteiger partial charge >= 0.3 is 5.97 Å².